The number of hydrogen-bond acceptors (Lipinski definition) is 4. The largest absolute Gasteiger partial charge is 0.454 e. The minimum atomic E-state index is 0.204. The van der Waals surface area contributed by atoms with Crippen LogP contribution in [0.1, 0.15) is 5.56 Å². The molecule has 0 spiro atoms. The molecule has 1 heterocycles. The summed E-state index contributed by atoms with van der Waals surface area (Å²) in [5, 5.41) is 7.99. The van der Waals surface area contributed by atoms with Crippen LogP contribution in [-0.2, 0) is 0 Å². The number of nitrogens with zero attached hydrogens (tertiary/aromatic N) is 1. The first kappa shape index (κ1) is 14.6. The highest BCUT2D eigenvalue weighted by Crippen LogP contribution is 2.36. The highest BCUT2D eigenvalue weighted by Gasteiger charge is 2.15. The first-order valence-corrected chi connectivity index (χ1v) is 7.25. The van der Waals surface area contributed by atoms with Crippen LogP contribution in [0.3, 0.4) is 0 Å². The van der Waals surface area contributed by atoms with Gasteiger partial charge >= 0.3 is 0 Å². The SMILES string of the molecule is S=C(N/N=C\c1cc2c(cc1Cl)OCO2)Nc1ccccc1. The summed E-state index contributed by atoms with van der Waals surface area (Å²) in [4.78, 5) is 0. The minimum Gasteiger partial charge on any atom is -0.454 e. The van der Waals surface area contributed by atoms with Crippen molar-refractivity contribution in [3.8, 4) is 11.5 Å². The van der Waals surface area contributed by atoms with Crippen molar-refractivity contribution in [3.05, 3.63) is 53.1 Å². The average Bonchev–Trinajstić information content (AvgIpc) is 2.95. The number of para-hydroxylation sites is 1. The molecule has 0 saturated heterocycles. The molecule has 2 aromatic carbocycles. The molecule has 0 saturated carbocycles. The summed E-state index contributed by atoms with van der Waals surface area (Å²) < 4.78 is 10.5. The molecule has 22 heavy (non-hydrogen) atoms. The third kappa shape index (κ3) is 3.47. The van der Waals surface area contributed by atoms with Crippen LogP contribution in [-0.4, -0.2) is 18.1 Å². The predicted molar refractivity (Wildman–Crippen MR) is 91.0 cm³/mol. The maximum Gasteiger partial charge on any atom is 0.231 e. The molecule has 3 rings (SSSR count). The van der Waals surface area contributed by atoms with Crippen molar-refractivity contribution in [1.82, 2.24) is 5.43 Å². The molecule has 0 atom stereocenters. The Morgan fingerprint density at radius 1 is 1.18 bits per heavy atom. The zero-order valence-corrected chi connectivity index (χ0v) is 12.9. The van der Waals surface area contributed by atoms with Crippen molar-refractivity contribution in [3.63, 3.8) is 0 Å². The molecule has 0 fully saturated rings. The number of fused-ring (bicyclic) bond motifs is 1. The molecule has 2 N–H and O–H groups in total. The van der Waals surface area contributed by atoms with E-state index in [-0.39, 0.29) is 6.79 Å². The molecule has 1 aliphatic heterocycles. The molecular weight excluding hydrogens is 322 g/mol. The second-order valence-electron chi connectivity index (χ2n) is 4.42. The number of benzene rings is 2. The lowest BCUT2D eigenvalue weighted by Crippen LogP contribution is -2.23. The molecule has 2 aromatic rings. The standard InChI is InChI=1S/C15H12ClN3O2S/c16-12-7-14-13(20-9-21-14)6-10(12)8-17-19-15(22)18-11-4-2-1-3-5-11/h1-8H,9H2,(H2,18,19,22)/b17-8-. The molecule has 0 radical (unpaired) electrons. The van der Waals surface area contributed by atoms with Crippen molar-refractivity contribution < 1.29 is 9.47 Å². The van der Waals surface area contributed by atoms with Crippen LogP contribution < -0.4 is 20.2 Å². The summed E-state index contributed by atoms with van der Waals surface area (Å²) in [5.41, 5.74) is 4.33. The van der Waals surface area contributed by atoms with Gasteiger partial charge in [-0.15, -0.1) is 0 Å². The quantitative estimate of drug-likeness (QED) is 0.512. The fraction of sp³-hybridized carbons (Fsp3) is 0.0667. The Balaban J connectivity index is 1.61. The Bertz CT molecular complexity index is 722. The normalized spacial score (nSPS) is 12.4. The van der Waals surface area contributed by atoms with Gasteiger partial charge in [-0.2, -0.15) is 5.10 Å². The average molecular weight is 334 g/mol. The smallest absolute Gasteiger partial charge is 0.231 e. The van der Waals surface area contributed by atoms with E-state index < -0.39 is 0 Å². The Morgan fingerprint density at radius 2 is 1.91 bits per heavy atom. The monoisotopic (exact) mass is 333 g/mol. The first-order chi connectivity index (χ1) is 10.7. The van der Waals surface area contributed by atoms with Crippen LogP contribution in [0.2, 0.25) is 5.02 Å². The van der Waals surface area contributed by atoms with Crippen LogP contribution in [0.15, 0.2) is 47.6 Å². The van der Waals surface area contributed by atoms with Crippen molar-refractivity contribution in [2.24, 2.45) is 5.10 Å². The van der Waals surface area contributed by atoms with E-state index in [1.54, 1.807) is 18.3 Å². The molecule has 0 bridgehead atoms. The van der Waals surface area contributed by atoms with E-state index in [2.05, 4.69) is 15.8 Å². The van der Waals surface area contributed by atoms with E-state index >= 15 is 0 Å². The summed E-state index contributed by atoms with van der Waals surface area (Å²) in [7, 11) is 0. The topological polar surface area (TPSA) is 54.9 Å². The molecule has 112 valence electrons. The highest BCUT2D eigenvalue weighted by molar-refractivity contribution is 7.80. The van der Waals surface area contributed by atoms with Gasteiger partial charge in [0.05, 0.1) is 11.2 Å². The van der Waals surface area contributed by atoms with Gasteiger partial charge in [0.2, 0.25) is 6.79 Å². The lowest BCUT2D eigenvalue weighted by molar-refractivity contribution is 0.174. The van der Waals surface area contributed by atoms with Gasteiger partial charge < -0.3 is 14.8 Å². The van der Waals surface area contributed by atoms with Crippen LogP contribution >= 0.6 is 23.8 Å². The van der Waals surface area contributed by atoms with E-state index in [4.69, 9.17) is 33.3 Å². The highest BCUT2D eigenvalue weighted by atomic mass is 35.5. The zero-order valence-electron chi connectivity index (χ0n) is 11.4. The summed E-state index contributed by atoms with van der Waals surface area (Å²) in [6.45, 7) is 0.204. The van der Waals surface area contributed by atoms with E-state index in [1.165, 1.54) is 0 Å². The maximum atomic E-state index is 6.15. The number of hydrogen-bond donors (Lipinski definition) is 2. The Morgan fingerprint density at radius 3 is 2.68 bits per heavy atom. The second-order valence-corrected chi connectivity index (χ2v) is 5.23. The molecule has 7 heteroatoms. The van der Waals surface area contributed by atoms with E-state index in [9.17, 15) is 0 Å². The number of rotatable bonds is 3. The first-order valence-electron chi connectivity index (χ1n) is 6.46. The Labute approximate surface area is 137 Å². The van der Waals surface area contributed by atoms with Gasteiger partial charge in [0.15, 0.2) is 16.6 Å². The zero-order chi connectivity index (χ0) is 15.4. The summed E-state index contributed by atoms with van der Waals surface area (Å²) in [6.07, 6.45) is 1.57. The van der Waals surface area contributed by atoms with Gasteiger partial charge in [-0.3, -0.25) is 5.43 Å². The third-order valence-corrected chi connectivity index (χ3v) is 3.41. The van der Waals surface area contributed by atoms with Gasteiger partial charge in [0, 0.05) is 17.3 Å². The summed E-state index contributed by atoms with van der Waals surface area (Å²) in [6, 6.07) is 13.1. The number of ether oxygens (including phenoxy) is 2. The van der Waals surface area contributed by atoms with E-state index in [0.29, 0.717) is 27.2 Å². The number of halogens is 1. The van der Waals surface area contributed by atoms with Crippen molar-refractivity contribution in [2.45, 2.75) is 0 Å². The second kappa shape index (κ2) is 6.64. The van der Waals surface area contributed by atoms with Crippen LogP contribution in [0.25, 0.3) is 0 Å². The van der Waals surface area contributed by atoms with Crippen molar-refractivity contribution in [1.29, 1.82) is 0 Å². The number of anilines is 1. The lowest BCUT2D eigenvalue weighted by atomic mass is 10.2. The number of thiocarbonyl (C=S) groups is 1. The molecule has 0 aromatic heterocycles. The number of hydrazone groups is 1. The fourth-order valence-corrected chi connectivity index (χ4v) is 2.25. The lowest BCUT2D eigenvalue weighted by Gasteiger charge is -2.06. The number of nitrogens with one attached hydrogen (secondary N) is 2. The van der Waals surface area contributed by atoms with Gasteiger partial charge in [-0.1, -0.05) is 29.8 Å². The Hall–Kier alpha value is -2.31. The predicted octanol–water partition coefficient (Wildman–Crippen LogP) is 3.39. The molecule has 1 aliphatic rings. The van der Waals surface area contributed by atoms with Crippen molar-refractivity contribution in [2.75, 3.05) is 12.1 Å². The molecular formula is C15H12ClN3O2S. The Kier molecular flexibility index (Phi) is 4.41. The molecule has 5 nitrogen and oxygen atoms in total. The van der Waals surface area contributed by atoms with Gasteiger partial charge in [0.25, 0.3) is 0 Å². The van der Waals surface area contributed by atoms with E-state index in [1.807, 2.05) is 30.3 Å². The third-order valence-electron chi connectivity index (χ3n) is 2.89. The molecule has 0 aliphatic carbocycles. The van der Waals surface area contributed by atoms with Crippen LogP contribution in [0.5, 0.6) is 11.5 Å². The van der Waals surface area contributed by atoms with Gasteiger partial charge in [-0.25, -0.2) is 0 Å². The van der Waals surface area contributed by atoms with E-state index in [0.717, 1.165) is 5.69 Å². The summed E-state index contributed by atoms with van der Waals surface area (Å²) in [5.74, 6) is 1.28. The maximum absolute atomic E-state index is 6.15. The molecule has 0 unspecified atom stereocenters. The minimum absolute atomic E-state index is 0.204. The summed E-state index contributed by atoms with van der Waals surface area (Å²) >= 11 is 11.3. The van der Waals surface area contributed by atoms with Crippen LogP contribution in [0, 0.1) is 0 Å². The van der Waals surface area contributed by atoms with Crippen molar-refractivity contribution >= 4 is 40.8 Å². The van der Waals surface area contributed by atoms with Gasteiger partial charge in [0.1, 0.15) is 0 Å². The fourth-order valence-electron chi connectivity index (χ4n) is 1.87. The van der Waals surface area contributed by atoms with Gasteiger partial charge in [-0.05, 0) is 30.4 Å². The van der Waals surface area contributed by atoms with Crippen LogP contribution in [0.4, 0.5) is 5.69 Å². The molecule has 0 amide bonds.